The van der Waals surface area contributed by atoms with Crippen molar-refractivity contribution in [3.63, 3.8) is 0 Å². The molecule has 6 nitrogen and oxygen atoms in total. The van der Waals surface area contributed by atoms with Crippen molar-refractivity contribution in [2.45, 2.75) is 4.90 Å². The third-order valence-electron chi connectivity index (χ3n) is 2.33. The minimum atomic E-state index is -3.81. The molecule has 0 radical (unpaired) electrons. The van der Waals surface area contributed by atoms with Crippen molar-refractivity contribution in [1.82, 2.24) is 9.97 Å². The molecule has 0 spiro atoms. The van der Waals surface area contributed by atoms with Gasteiger partial charge in [0.25, 0.3) is 10.0 Å². The second kappa shape index (κ2) is 5.71. The SMILES string of the molecule is CNc1ncc(S(=O)(=O)Nc2ccc(F)c(Br)c2)cn1. The first-order valence-electron chi connectivity index (χ1n) is 5.40. The summed E-state index contributed by atoms with van der Waals surface area (Å²) in [6.45, 7) is 0. The maximum absolute atomic E-state index is 13.1. The van der Waals surface area contributed by atoms with Crippen LogP contribution in [-0.4, -0.2) is 25.4 Å². The lowest BCUT2D eigenvalue weighted by atomic mass is 10.3. The van der Waals surface area contributed by atoms with E-state index in [0.717, 1.165) is 6.07 Å². The highest BCUT2D eigenvalue weighted by Crippen LogP contribution is 2.22. The molecule has 0 unspecified atom stereocenters. The fraction of sp³-hybridized carbons (Fsp3) is 0.0909. The van der Waals surface area contributed by atoms with Gasteiger partial charge in [0.05, 0.1) is 22.6 Å². The Morgan fingerprint density at radius 3 is 2.45 bits per heavy atom. The molecule has 1 aromatic heterocycles. The van der Waals surface area contributed by atoms with Gasteiger partial charge >= 0.3 is 0 Å². The van der Waals surface area contributed by atoms with E-state index >= 15 is 0 Å². The molecule has 20 heavy (non-hydrogen) atoms. The number of nitrogens with zero attached hydrogens (tertiary/aromatic N) is 2. The smallest absolute Gasteiger partial charge is 0.264 e. The number of rotatable bonds is 4. The summed E-state index contributed by atoms with van der Waals surface area (Å²) in [6, 6.07) is 3.80. The van der Waals surface area contributed by atoms with Gasteiger partial charge in [0.1, 0.15) is 10.7 Å². The number of hydrogen-bond acceptors (Lipinski definition) is 5. The van der Waals surface area contributed by atoms with E-state index < -0.39 is 15.8 Å². The molecule has 9 heteroatoms. The standard InChI is InChI=1S/C11H10BrFN4O2S/c1-14-11-15-5-8(6-16-11)20(18,19)17-7-2-3-10(13)9(12)4-7/h2-6,17H,1H3,(H,14,15,16). The van der Waals surface area contributed by atoms with Gasteiger partial charge in [-0.1, -0.05) is 0 Å². The second-order valence-corrected chi connectivity index (χ2v) is 6.26. The molecule has 1 heterocycles. The summed E-state index contributed by atoms with van der Waals surface area (Å²) in [5.74, 6) is -0.164. The summed E-state index contributed by atoms with van der Waals surface area (Å²) in [5, 5.41) is 2.68. The summed E-state index contributed by atoms with van der Waals surface area (Å²) < 4.78 is 39.7. The van der Waals surface area contributed by atoms with Crippen molar-refractivity contribution in [2.75, 3.05) is 17.1 Å². The van der Waals surface area contributed by atoms with Crippen LogP contribution in [0.4, 0.5) is 16.0 Å². The Labute approximate surface area is 123 Å². The molecule has 2 N–H and O–H groups in total. The van der Waals surface area contributed by atoms with Gasteiger partial charge in [0.15, 0.2) is 0 Å². The number of anilines is 2. The van der Waals surface area contributed by atoms with Gasteiger partial charge in [0.2, 0.25) is 5.95 Å². The van der Waals surface area contributed by atoms with Crippen molar-refractivity contribution >= 4 is 37.6 Å². The number of halogens is 2. The van der Waals surface area contributed by atoms with E-state index in [4.69, 9.17) is 0 Å². The quantitative estimate of drug-likeness (QED) is 0.873. The van der Waals surface area contributed by atoms with E-state index in [1.54, 1.807) is 7.05 Å². The van der Waals surface area contributed by atoms with Crippen molar-refractivity contribution in [3.8, 4) is 0 Å². The molecule has 1 aromatic carbocycles. The molecule has 0 aliphatic carbocycles. The molecule has 0 bridgehead atoms. The predicted molar refractivity (Wildman–Crippen MR) is 76.5 cm³/mol. The van der Waals surface area contributed by atoms with Gasteiger partial charge in [0, 0.05) is 7.05 Å². The minimum absolute atomic E-state index is 0.0862. The molecule has 0 aliphatic rings. The Balaban J connectivity index is 2.27. The van der Waals surface area contributed by atoms with E-state index in [1.807, 2.05) is 0 Å². The largest absolute Gasteiger partial charge is 0.357 e. The number of aromatic nitrogens is 2. The van der Waals surface area contributed by atoms with Crippen LogP contribution in [0.5, 0.6) is 0 Å². The topological polar surface area (TPSA) is 84.0 Å². The molecule has 2 aromatic rings. The van der Waals surface area contributed by atoms with E-state index in [9.17, 15) is 12.8 Å². The average Bonchev–Trinajstić information content (AvgIpc) is 2.43. The van der Waals surface area contributed by atoms with Gasteiger partial charge in [-0.2, -0.15) is 0 Å². The molecular weight excluding hydrogens is 351 g/mol. The van der Waals surface area contributed by atoms with Crippen molar-refractivity contribution in [3.05, 3.63) is 40.9 Å². The maximum Gasteiger partial charge on any atom is 0.264 e. The fourth-order valence-corrected chi connectivity index (χ4v) is 2.67. The highest BCUT2D eigenvalue weighted by molar-refractivity contribution is 9.10. The number of nitrogens with one attached hydrogen (secondary N) is 2. The zero-order chi connectivity index (χ0) is 14.8. The monoisotopic (exact) mass is 360 g/mol. The summed E-state index contributed by atoms with van der Waals surface area (Å²) in [5.41, 5.74) is 0.232. The van der Waals surface area contributed by atoms with Crippen LogP contribution in [0.2, 0.25) is 0 Å². The van der Waals surface area contributed by atoms with Crippen LogP contribution in [0.15, 0.2) is 40.0 Å². The van der Waals surface area contributed by atoms with Crippen molar-refractivity contribution in [2.24, 2.45) is 0 Å². The summed E-state index contributed by atoms with van der Waals surface area (Å²) in [4.78, 5) is 7.57. The number of hydrogen-bond donors (Lipinski definition) is 2. The van der Waals surface area contributed by atoms with Gasteiger partial charge < -0.3 is 5.32 Å². The highest BCUT2D eigenvalue weighted by atomic mass is 79.9. The Morgan fingerprint density at radius 2 is 1.90 bits per heavy atom. The third-order valence-corrected chi connectivity index (χ3v) is 4.28. The molecule has 0 atom stereocenters. The Morgan fingerprint density at radius 1 is 1.25 bits per heavy atom. The van der Waals surface area contributed by atoms with Crippen LogP contribution in [0.3, 0.4) is 0 Å². The van der Waals surface area contributed by atoms with Gasteiger partial charge in [-0.15, -0.1) is 0 Å². The summed E-state index contributed by atoms with van der Waals surface area (Å²) in [6.07, 6.45) is 2.36. The van der Waals surface area contributed by atoms with E-state index in [0.29, 0.717) is 5.95 Å². The molecule has 106 valence electrons. The molecule has 0 fully saturated rings. The fourth-order valence-electron chi connectivity index (χ4n) is 1.36. The Bertz CT molecular complexity index is 722. The minimum Gasteiger partial charge on any atom is -0.357 e. The third kappa shape index (κ3) is 3.23. The number of benzene rings is 1. The first-order valence-corrected chi connectivity index (χ1v) is 7.67. The lowest BCUT2D eigenvalue weighted by Gasteiger charge is -2.08. The zero-order valence-corrected chi connectivity index (χ0v) is 12.7. The van der Waals surface area contributed by atoms with E-state index in [1.165, 1.54) is 24.5 Å². The lowest BCUT2D eigenvalue weighted by Crippen LogP contribution is -2.14. The van der Waals surface area contributed by atoms with Gasteiger partial charge in [-0.3, -0.25) is 4.72 Å². The maximum atomic E-state index is 13.1. The lowest BCUT2D eigenvalue weighted by molar-refractivity contribution is 0.600. The summed E-state index contributed by atoms with van der Waals surface area (Å²) in [7, 11) is -2.19. The van der Waals surface area contributed by atoms with Crippen LogP contribution >= 0.6 is 15.9 Å². The van der Waals surface area contributed by atoms with Crippen LogP contribution < -0.4 is 10.0 Å². The van der Waals surface area contributed by atoms with Crippen LogP contribution in [0.1, 0.15) is 0 Å². The first kappa shape index (κ1) is 14.7. The first-order chi connectivity index (χ1) is 9.42. The van der Waals surface area contributed by atoms with Crippen molar-refractivity contribution < 1.29 is 12.8 Å². The molecular formula is C11H10BrFN4O2S. The molecule has 0 saturated heterocycles. The summed E-state index contributed by atoms with van der Waals surface area (Å²) >= 11 is 2.99. The molecule has 0 saturated carbocycles. The molecule has 2 rings (SSSR count). The second-order valence-electron chi connectivity index (χ2n) is 3.73. The van der Waals surface area contributed by atoms with Gasteiger partial charge in [-0.05, 0) is 34.1 Å². The zero-order valence-electron chi connectivity index (χ0n) is 10.3. The Hall–Kier alpha value is -1.74. The van der Waals surface area contributed by atoms with Crippen molar-refractivity contribution in [1.29, 1.82) is 0 Å². The predicted octanol–water partition coefficient (Wildman–Crippen LogP) is 2.22. The van der Waals surface area contributed by atoms with E-state index in [-0.39, 0.29) is 15.1 Å². The molecule has 0 amide bonds. The average molecular weight is 361 g/mol. The van der Waals surface area contributed by atoms with Crippen LogP contribution in [-0.2, 0) is 10.0 Å². The normalized spacial score (nSPS) is 11.2. The number of sulfonamides is 1. The van der Waals surface area contributed by atoms with E-state index in [2.05, 4.69) is 35.9 Å². The Kier molecular flexibility index (Phi) is 4.19. The van der Waals surface area contributed by atoms with Crippen LogP contribution in [0.25, 0.3) is 0 Å². The van der Waals surface area contributed by atoms with Gasteiger partial charge in [-0.25, -0.2) is 22.8 Å². The van der Waals surface area contributed by atoms with Crippen LogP contribution in [0, 0.1) is 5.82 Å². The molecule has 0 aliphatic heterocycles. The highest BCUT2D eigenvalue weighted by Gasteiger charge is 2.16.